The highest BCUT2D eigenvalue weighted by atomic mass is 16.3. The molecule has 0 amide bonds. The Balaban J connectivity index is 2.11. The van der Waals surface area contributed by atoms with Crippen molar-refractivity contribution >= 4 is 16.7 Å². The van der Waals surface area contributed by atoms with Crippen LogP contribution in [0.4, 0.5) is 5.82 Å². The second-order valence-corrected chi connectivity index (χ2v) is 4.66. The first-order valence-electron chi connectivity index (χ1n) is 6.83. The molecular formula is C14H22N4O. The van der Waals surface area contributed by atoms with E-state index in [-0.39, 0.29) is 5.75 Å². The maximum absolute atomic E-state index is 9.81. The van der Waals surface area contributed by atoms with E-state index in [0.717, 1.165) is 38.1 Å². The Morgan fingerprint density at radius 2 is 2.05 bits per heavy atom. The first-order valence-corrected chi connectivity index (χ1v) is 6.83. The molecule has 0 bridgehead atoms. The van der Waals surface area contributed by atoms with Crippen LogP contribution < -0.4 is 5.73 Å². The molecule has 5 nitrogen and oxygen atoms in total. The molecule has 2 rings (SSSR count). The number of nitrogen functional groups attached to an aromatic ring is 1. The topological polar surface area (TPSA) is 67.3 Å². The van der Waals surface area contributed by atoms with Gasteiger partial charge in [0.2, 0.25) is 0 Å². The van der Waals surface area contributed by atoms with Gasteiger partial charge in [-0.1, -0.05) is 19.9 Å². The third kappa shape index (κ3) is 2.81. The molecule has 1 heterocycles. The molecule has 0 saturated heterocycles. The molecule has 1 aromatic heterocycles. The smallest absolute Gasteiger partial charge is 0.157 e. The number of hydrogen-bond donors (Lipinski definition) is 2. The summed E-state index contributed by atoms with van der Waals surface area (Å²) in [5, 5.41) is 14.8. The summed E-state index contributed by atoms with van der Waals surface area (Å²) in [6.45, 7) is 8.34. The maximum atomic E-state index is 9.81. The van der Waals surface area contributed by atoms with Gasteiger partial charge >= 0.3 is 0 Å². The molecule has 3 N–H and O–H groups in total. The number of rotatable bonds is 6. The molecule has 19 heavy (non-hydrogen) atoms. The van der Waals surface area contributed by atoms with E-state index in [2.05, 4.69) is 23.8 Å². The van der Waals surface area contributed by atoms with Gasteiger partial charge in [-0.3, -0.25) is 4.68 Å². The van der Waals surface area contributed by atoms with E-state index in [1.165, 1.54) is 0 Å². The SMILES string of the molecule is CCN(CC)CCCn1nc(N)c2c(O)cccc21. The molecule has 1 aromatic carbocycles. The fourth-order valence-electron chi connectivity index (χ4n) is 2.39. The van der Waals surface area contributed by atoms with Crippen molar-refractivity contribution in [3.8, 4) is 5.75 Å². The van der Waals surface area contributed by atoms with Gasteiger partial charge in [0, 0.05) is 6.54 Å². The van der Waals surface area contributed by atoms with Crippen molar-refractivity contribution in [2.75, 3.05) is 25.4 Å². The van der Waals surface area contributed by atoms with E-state index in [1.807, 2.05) is 16.8 Å². The average Bonchev–Trinajstić information content (AvgIpc) is 2.73. The van der Waals surface area contributed by atoms with Crippen LogP contribution in [0.1, 0.15) is 20.3 Å². The second-order valence-electron chi connectivity index (χ2n) is 4.66. The highest BCUT2D eigenvalue weighted by molar-refractivity contribution is 5.94. The first-order chi connectivity index (χ1) is 9.17. The van der Waals surface area contributed by atoms with Gasteiger partial charge in [-0.05, 0) is 38.2 Å². The van der Waals surface area contributed by atoms with Crippen LogP contribution in [-0.4, -0.2) is 39.4 Å². The lowest BCUT2D eigenvalue weighted by atomic mass is 10.2. The predicted molar refractivity (Wildman–Crippen MR) is 78.2 cm³/mol. The van der Waals surface area contributed by atoms with Gasteiger partial charge < -0.3 is 15.7 Å². The number of phenols is 1. The summed E-state index contributed by atoms with van der Waals surface area (Å²) in [6, 6.07) is 5.40. The Kier molecular flexibility index (Phi) is 4.27. The minimum absolute atomic E-state index is 0.199. The fraction of sp³-hybridized carbons (Fsp3) is 0.500. The van der Waals surface area contributed by atoms with Crippen LogP contribution in [0.2, 0.25) is 0 Å². The highest BCUT2D eigenvalue weighted by Crippen LogP contribution is 2.29. The molecular weight excluding hydrogens is 240 g/mol. The second kappa shape index (κ2) is 5.93. The summed E-state index contributed by atoms with van der Waals surface area (Å²) in [4.78, 5) is 2.38. The van der Waals surface area contributed by atoms with E-state index in [0.29, 0.717) is 11.2 Å². The molecule has 2 aromatic rings. The van der Waals surface area contributed by atoms with E-state index in [9.17, 15) is 5.11 Å². The van der Waals surface area contributed by atoms with Crippen LogP contribution in [-0.2, 0) is 6.54 Å². The number of anilines is 1. The van der Waals surface area contributed by atoms with E-state index in [4.69, 9.17) is 5.73 Å². The Morgan fingerprint density at radius 3 is 2.74 bits per heavy atom. The average molecular weight is 262 g/mol. The largest absolute Gasteiger partial charge is 0.507 e. The van der Waals surface area contributed by atoms with Crippen LogP contribution >= 0.6 is 0 Å². The number of nitrogens with two attached hydrogens (primary N) is 1. The molecule has 104 valence electrons. The number of aromatic nitrogens is 2. The Labute approximate surface area is 113 Å². The molecule has 0 unspecified atom stereocenters. The Hall–Kier alpha value is -1.75. The normalized spacial score (nSPS) is 11.5. The number of nitrogens with zero attached hydrogens (tertiary/aromatic N) is 3. The summed E-state index contributed by atoms with van der Waals surface area (Å²) in [5.41, 5.74) is 6.76. The van der Waals surface area contributed by atoms with E-state index < -0.39 is 0 Å². The van der Waals surface area contributed by atoms with Gasteiger partial charge in [-0.15, -0.1) is 0 Å². The minimum Gasteiger partial charge on any atom is -0.507 e. The lowest BCUT2D eigenvalue weighted by Crippen LogP contribution is -2.25. The highest BCUT2D eigenvalue weighted by Gasteiger charge is 2.11. The van der Waals surface area contributed by atoms with E-state index >= 15 is 0 Å². The van der Waals surface area contributed by atoms with E-state index in [1.54, 1.807) is 6.07 Å². The number of aromatic hydroxyl groups is 1. The number of fused-ring (bicyclic) bond motifs is 1. The quantitative estimate of drug-likeness (QED) is 0.836. The Bertz CT molecular complexity index is 546. The van der Waals surface area contributed by atoms with Crippen molar-refractivity contribution < 1.29 is 5.11 Å². The van der Waals surface area contributed by atoms with Crippen LogP contribution in [0.5, 0.6) is 5.75 Å². The lowest BCUT2D eigenvalue weighted by Gasteiger charge is -2.17. The predicted octanol–water partition coefficient (Wildman–Crippen LogP) is 2.06. The molecule has 0 aliphatic heterocycles. The maximum Gasteiger partial charge on any atom is 0.157 e. The fourth-order valence-corrected chi connectivity index (χ4v) is 2.39. The van der Waals surface area contributed by atoms with Crippen molar-refractivity contribution in [3.63, 3.8) is 0 Å². The molecule has 0 saturated carbocycles. The third-order valence-corrected chi connectivity index (χ3v) is 3.52. The molecule has 0 radical (unpaired) electrons. The van der Waals surface area contributed by atoms with Crippen LogP contribution in [0.3, 0.4) is 0 Å². The monoisotopic (exact) mass is 262 g/mol. The summed E-state index contributed by atoms with van der Waals surface area (Å²) < 4.78 is 1.88. The number of phenolic OH excluding ortho intramolecular Hbond substituents is 1. The third-order valence-electron chi connectivity index (χ3n) is 3.52. The zero-order valence-corrected chi connectivity index (χ0v) is 11.6. The van der Waals surface area contributed by atoms with Gasteiger partial charge in [0.05, 0.1) is 10.9 Å². The minimum atomic E-state index is 0.199. The van der Waals surface area contributed by atoms with Crippen LogP contribution in [0.25, 0.3) is 10.9 Å². The van der Waals surface area contributed by atoms with Gasteiger partial charge in [-0.25, -0.2) is 0 Å². The Morgan fingerprint density at radius 1 is 1.32 bits per heavy atom. The van der Waals surface area contributed by atoms with Gasteiger partial charge in [-0.2, -0.15) is 5.10 Å². The lowest BCUT2D eigenvalue weighted by molar-refractivity contribution is 0.292. The van der Waals surface area contributed by atoms with Crippen molar-refractivity contribution in [1.29, 1.82) is 0 Å². The molecule has 0 spiro atoms. The molecule has 0 aliphatic carbocycles. The number of benzene rings is 1. The van der Waals surface area contributed by atoms with Crippen molar-refractivity contribution in [2.45, 2.75) is 26.8 Å². The van der Waals surface area contributed by atoms with Crippen LogP contribution in [0.15, 0.2) is 18.2 Å². The standard InChI is InChI=1S/C14H22N4O/c1-3-17(4-2)9-6-10-18-11-7-5-8-12(19)13(11)14(15)16-18/h5,7-8,19H,3-4,6,9-10H2,1-2H3,(H2,15,16). The van der Waals surface area contributed by atoms with Crippen LogP contribution in [0, 0.1) is 0 Å². The molecule has 5 heteroatoms. The molecule has 0 fully saturated rings. The summed E-state index contributed by atoms with van der Waals surface area (Å²) >= 11 is 0. The summed E-state index contributed by atoms with van der Waals surface area (Å²) in [7, 11) is 0. The summed E-state index contributed by atoms with van der Waals surface area (Å²) in [6.07, 6.45) is 1.02. The zero-order chi connectivity index (χ0) is 13.8. The molecule has 0 aliphatic rings. The number of aryl methyl sites for hydroxylation is 1. The van der Waals surface area contributed by atoms with Crippen molar-refractivity contribution in [3.05, 3.63) is 18.2 Å². The van der Waals surface area contributed by atoms with Gasteiger partial charge in [0.15, 0.2) is 5.82 Å². The van der Waals surface area contributed by atoms with Gasteiger partial charge in [0.25, 0.3) is 0 Å². The first kappa shape index (κ1) is 13.7. The molecule has 0 atom stereocenters. The van der Waals surface area contributed by atoms with Crippen molar-refractivity contribution in [2.24, 2.45) is 0 Å². The zero-order valence-electron chi connectivity index (χ0n) is 11.6. The summed E-state index contributed by atoms with van der Waals surface area (Å²) in [5.74, 6) is 0.598. The van der Waals surface area contributed by atoms with Crippen molar-refractivity contribution in [1.82, 2.24) is 14.7 Å². The van der Waals surface area contributed by atoms with Gasteiger partial charge in [0.1, 0.15) is 5.75 Å². The number of hydrogen-bond acceptors (Lipinski definition) is 4.